The lowest BCUT2D eigenvalue weighted by Gasteiger charge is -2.17. The van der Waals surface area contributed by atoms with Gasteiger partial charge in [0.2, 0.25) is 5.43 Å². The van der Waals surface area contributed by atoms with Gasteiger partial charge in [0.15, 0.2) is 0 Å². The molecular formula is C20H19N3O3. The standard InChI is InChI=1S/C20H19N3O3/c1-2-22(20(25)26)17-10-6-7-15(13-17)14-18-19(24)11-12-23(21-18)16-8-4-3-5-9-16/h3-13H,2,14H2,1H3,(H,25,26). The number of amides is 1. The van der Waals surface area contributed by atoms with Crippen molar-refractivity contribution in [2.24, 2.45) is 0 Å². The van der Waals surface area contributed by atoms with E-state index in [9.17, 15) is 14.7 Å². The Balaban J connectivity index is 1.92. The Morgan fingerprint density at radius 1 is 1.12 bits per heavy atom. The van der Waals surface area contributed by atoms with E-state index in [2.05, 4.69) is 5.10 Å². The van der Waals surface area contributed by atoms with E-state index < -0.39 is 6.09 Å². The summed E-state index contributed by atoms with van der Waals surface area (Å²) in [5, 5.41) is 13.7. The van der Waals surface area contributed by atoms with E-state index in [1.807, 2.05) is 36.4 Å². The molecule has 132 valence electrons. The van der Waals surface area contributed by atoms with Crippen molar-refractivity contribution in [1.82, 2.24) is 9.78 Å². The van der Waals surface area contributed by atoms with Gasteiger partial charge in [-0.3, -0.25) is 9.69 Å². The fourth-order valence-corrected chi connectivity index (χ4v) is 2.75. The first-order valence-electron chi connectivity index (χ1n) is 8.32. The van der Waals surface area contributed by atoms with Crippen LogP contribution in [0.5, 0.6) is 0 Å². The molecule has 0 saturated carbocycles. The van der Waals surface area contributed by atoms with Gasteiger partial charge in [-0.2, -0.15) is 5.10 Å². The maximum absolute atomic E-state index is 12.2. The second kappa shape index (κ2) is 7.65. The van der Waals surface area contributed by atoms with E-state index >= 15 is 0 Å². The minimum atomic E-state index is -1.01. The lowest BCUT2D eigenvalue weighted by Crippen LogP contribution is -2.28. The van der Waals surface area contributed by atoms with Gasteiger partial charge in [0.05, 0.1) is 5.69 Å². The van der Waals surface area contributed by atoms with Crippen LogP contribution in [0.4, 0.5) is 10.5 Å². The predicted octanol–water partition coefficient (Wildman–Crippen LogP) is 3.33. The van der Waals surface area contributed by atoms with Gasteiger partial charge < -0.3 is 5.11 Å². The summed E-state index contributed by atoms with van der Waals surface area (Å²) in [4.78, 5) is 24.8. The molecule has 0 aliphatic heterocycles. The lowest BCUT2D eigenvalue weighted by atomic mass is 10.1. The zero-order valence-electron chi connectivity index (χ0n) is 14.4. The number of para-hydroxylation sites is 1. The highest BCUT2D eigenvalue weighted by Gasteiger charge is 2.13. The molecule has 1 N–H and O–H groups in total. The lowest BCUT2D eigenvalue weighted by molar-refractivity contribution is 0.202. The average Bonchev–Trinajstić information content (AvgIpc) is 2.65. The van der Waals surface area contributed by atoms with E-state index in [0.29, 0.717) is 24.3 Å². The Bertz CT molecular complexity index is 967. The van der Waals surface area contributed by atoms with Gasteiger partial charge in [-0.15, -0.1) is 0 Å². The molecule has 1 amide bonds. The zero-order valence-corrected chi connectivity index (χ0v) is 14.4. The number of aromatic nitrogens is 2. The molecule has 0 fully saturated rings. The van der Waals surface area contributed by atoms with Crippen LogP contribution >= 0.6 is 0 Å². The van der Waals surface area contributed by atoms with Gasteiger partial charge >= 0.3 is 6.09 Å². The van der Waals surface area contributed by atoms with E-state index in [4.69, 9.17) is 0 Å². The predicted molar refractivity (Wildman–Crippen MR) is 100 cm³/mol. The van der Waals surface area contributed by atoms with Crippen LogP contribution in [-0.2, 0) is 6.42 Å². The minimum absolute atomic E-state index is 0.145. The van der Waals surface area contributed by atoms with Gasteiger partial charge in [-0.05, 0) is 36.8 Å². The van der Waals surface area contributed by atoms with Gasteiger partial charge in [-0.1, -0.05) is 30.3 Å². The molecule has 3 rings (SSSR count). The second-order valence-electron chi connectivity index (χ2n) is 5.78. The number of nitrogens with zero attached hydrogens (tertiary/aromatic N) is 3. The maximum atomic E-state index is 12.2. The highest BCUT2D eigenvalue weighted by atomic mass is 16.4. The van der Waals surface area contributed by atoms with Gasteiger partial charge in [0.1, 0.15) is 5.69 Å². The van der Waals surface area contributed by atoms with Crippen LogP contribution in [0.15, 0.2) is 71.7 Å². The smallest absolute Gasteiger partial charge is 0.411 e. The van der Waals surface area contributed by atoms with E-state index in [1.54, 1.807) is 36.0 Å². The van der Waals surface area contributed by atoms with Crippen molar-refractivity contribution in [1.29, 1.82) is 0 Å². The first-order valence-corrected chi connectivity index (χ1v) is 8.32. The number of anilines is 1. The van der Waals surface area contributed by atoms with Crippen LogP contribution in [0.25, 0.3) is 5.69 Å². The molecule has 0 aliphatic carbocycles. The van der Waals surface area contributed by atoms with Crippen molar-refractivity contribution >= 4 is 11.8 Å². The summed E-state index contributed by atoms with van der Waals surface area (Å²) in [5.41, 5.74) is 2.54. The van der Waals surface area contributed by atoms with Crippen molar-refractivity contribution in [2.75, 3.05) is 11.4 Å². The first kappa shape index (κ1) is 17.4. The Labute approximate surface area is 151 Å². The van der Waals surface area contributed by atoms with Crippen molar-refractivity contribution in [3.8, 4) is 5.69 Å². The molecule has 0 spiro atoms. The van der Waals surface area contributed by atoms with E-state index in [0.717, 1.165) is 11.3 Å². The van der Waals surface area contributed by atoms with Gasteiger partial charge in [-0.25, -0.2) is 9.48 Å². The average molecular weight is 349 g/mol. The third-order valence-corrected chi connectivity index (χ3v) is 4.04. The van der Waals surface area contributed by atoms with Crippen LogP contribution < -0.4 is 10.3 Å². The Morgan fingerprint density at radius 2 is 1.88 bits per heavy atom. The summed E-state index contributed by atoms with van der Waals surface area (Å²) in [5.74, 6) is 0. The van der Waals surface area contributed by atoms with Crippen molar-refractivity contribution in [3.63, 3.8) is 0 Å². The van der Waals surface area contributed by atoms with Crippen molar-refractivity contribution in [3.05, 3.63) is 88.3 Å². The highest BCUT2D eigenvalue weighted by Crippen LogP contribution is 2.18. The topological polar surface area (TPSA) is 75.4 Å². The van der Waals surface area contributed by atoms with Crippen LogP contribution in [0.1, 0.15) is 18.2 Å². The number of carbonyl (C=O) groups is 1. The third-order valence-electron chi connectivity index (χ3n) is 4.04. The fraction of sp³-hybridized carbons (Fsp3) is 0.150. The Kier molecular flexibility index (Phi) is 5.12. The Morgan fingerprint density at radius 3 is 2.58 bits per heavy atom. The Hall–Kier alpha value is -3.41. The highest BCUT2D eigenvalue weighted by molar-refractivity contribution is 5.86. The zero-order chi connectivity index (χ0) is 18.5. The maximum Gasteiger partial charge on any atom is 0.411 e. The van der Waals surface area contributed by atoms with Crippen LogP contribution in [-0.4, -0.2) is 27.5 Å². The number of benzene rings is 2. The largest absolute Gasteiger partial charge is 0.465 e. The molecule has 1 aromatic heterocycles. The molecule has 1 heterocycles. The quantitative estimate of drug-likeness (QED) is 0.767. The molecular weight excluding hydrogens is 330 g/mol. The molecule has 6 heteroatoms. The summed E-state index contributed by atoms with van der Waals surface area (Å²) < 4.78 is 1.66. The van der Waals surface area contributed by atoms with Gasteiger partial charge in [0, 0.05) is 30.9 Å². The SMILES string of the molecule is CCN(C(=O)O)c1cccc(Cc2nn(-c3ccccc3)ccc2=O)c1. The molecule has 2 aromatic carbocycles. The van der Waals surface area contributed by atoms with Crippen molar-refractivity contribution in [2.45, 2.75) is 13.3 Å². The first-order chi connectivity index (χ1) is 12.6. The molecule has 0 atom stereocenters. The number of rotatable bonds is 5. The van der Waals surface area contributed by atoms with Crippen molar-refractivity contribution < 1.29 is 9.90 Å². The molecule has 0 saturated heterocycles. The molecule has 26 heavy (non-hydrogen) atoms. The molecule has 0 aliphatic rings. The summed E-state index contributed by atoms with van der Waals surface area (Å²) in [7, 11) is 0. The molecule has 0 bridgehead atoms. The van der Waals surface area contributed by atoms with E-state index in [-0.39, 0.29) is 5.43 Å². The number of hydrogen-bond acceptors (Lipinski definition) is 3. The normalized spacial score (nSPS) is 10.5. The van der Waals surface area contributed by atoms with Crippen LogP contribution in [0, 0.1) is 0 Å². The molecule has 0 radical (unpaired) electrons. The molecule has 3 aromatic rings. The number of carboxylic acid groups (broad SMARTS) is 1. The van der Waals surface area contributed by atoms with Gasteiger partial charge in [0.25, 0.3) is 0 Å². The number of hydrogen-bond donors (Lipinski definition) is 1. The molecule has 0 unspecified atom stereocenters. The monoisotopic (exact) mass is 349 g/mol. The molecule has 6 nitrogen and oxygen atoms in total. The van der Waals surface area contributed by atoms with Crippen LogP contribution in [0.2, 0.25) is 0 Å². The second-order valence-corrected chi connectivity index (χ2v) is 5.78. The summed E-state index contributed by atoms with van der Waals surface area (Å²) in [6, 6.07) is 18.2. The summed E-state index contributed by atoms with van der Waals surface area (Å²) in [6.45, 7) is 2.13. The van der Waals surface area contributed by atoms with Crippen LogP contribution in [0.3, 0.4) is 0 Å². The summed E-state index contributed by atoms with van der Waals surface area (Å²) >= 11 is 0. The summed E-state index contributed by atoms with van der Waals surface area (Å²) in [6.07, 6.45) is 0.965. The third kappa shape index (κ3) is 3.80. The fourth-order valence-electron chi connectivity index (χ4n) is 2.75. The minimum Gasteiger partial charge on any atom is -0.465 e. The van der Waals surface area contributed by atoms with E-state index in [1.165, 1.54) is 11.0 Å².